The monoisotopic (exact) mass is 947 g/mol. The molecule has 12 nitrogen and oxygen atoms in total. The van der Waals surface area contributed by atoms with Crippen molar-refractivity contribution in [3.05, 3.63) is 101 Å². The second-order valence-electron chi connectivity index (χ2n) is 14.5. The molecule has 0 amide bonds. The quantitative estimate of drug-likeness (QED) is 0.0366. The molecule has 0 saturated heterocycles. The predicted molar refractivity (Wildman–Crippen MR) is 247 cm³/mol. The number of aliphatic hydroxyl groups excluding tert-OH is 4. The molecule has 0 unspecified atom stereocenters. The van der Waals surface area contributed by atoms with Gasteiger partial charge in [-0.1, -0.05) is 76.3 Å². The summed E-state index contributed by atoms with van der Waals surface area (Å²) in [5, 5.41) is 37.5. The van der Waals surface area contributed by atoms with Crippen molar-refractivity contribution in [2.45, 2.75) is 53.4 Å². The SMILES string of the molecule is C=CCOCC(CC)(CO)COCC=C.C=CCOCC(CC)(CO)COCC=C.C=CCOCC(CC)(CO)COCC=C.C=CCOCC(CC)(CO)COCC=C.[Zr]. The van der Waals surface area contributed by atoms with Gasteiger partial charge in [-0.3, -0.25) is 0 Å². The van der Waals surface area contributed by atoms with Crippen LogP contribution in [0, 0.1) is 21.7 Å². The number of hydrogen-bond donors (Lipinski definition) is 4. The number of ether oxygens (including phenoxy) is 8. The molecule has 13 heteroatoms. The van der Waals surface area contributed by atoms with Crippen LogP contribution in [0.15, 0.2) is 101 Å². The van der Waals surface area contributed by atoms with Gasteiger partial charge in [-0.05, 0) is 25.7 Å². The van der Waals surface area contributed by atoms with E-state index in [-0.39, 0.29) is 74.3 Å². The third-order valence-corrected chi connectivity index (χ3v) is 9.49. The number of hydrogen-bond acceptors (Lipinski definition) is 12. The molecular weight excluding hydrogens is 860 g/mol. The van der Waals surface area contributed by atoms with Crippen molar-refractivity contribution in [2.75, 3.05) is 132 Å². The second-order valence-corrected chi connectivity index (χ2v) is 14.5. The van der Waals surface area contributed by atoms with Crippen molar-refractivity contribution in [2.24, 2.45) is 21.7 Å². The molecule has 0 saturated carbocycles. The molecule has 0 bridgehead atoms. The summed E-state index contributed by atoms with van der Waals surface area (Å²) in [6.07, 6.45) is 16.8. The Morgan fingerprint density at radius 3 is 0.475 bits per heavy atom. The average molecular weight is 948 g/mol. The van der Waals surface area contributed by atoms with Gasteiger partial charge in [-0.25, -0.2) is 0 Å². The maximum absolute atomic E-state index is 9.36. The largest absolute Gasteiger partial charge is 0.396 e. The van der Waals surface area contributed by atoms with Crippen molar-refractivity contribution in [3.8, 4) is 0 Å². The maximum Gasteiger partial charge on any atom is 0.0645 e. The first-order valence-corrected chi connectivity index (χ1v) is 20.9. The van der Waals surface area contributed by atoms with Crippen LogP contribution in [0.5, 0.6) is 0 Å². The van der Waals surface area contributed by atoms with Crippen LogP contribution in [0.1, 0.15) is 53.4 Å². The summed E-state index contributed by atoms with van der Waals surface area (Å²) >= 11 is 0. The topological polar surface area (TPSA) is 155 Å². The first kappa shape index (κ1) is 68.4. The fourth-order valence-electron chi connectivity index (χ4n) is 4.67. The van der Waals surface area contributed by atoms with E-state index in [9.17, 15) is 20.4 Å². The van der Waals surface area contributed by atoms with Crippen LogP contribution >= 0.6 is 0 Å². The average Bonchev–Trinajstić information content (AvgIpc) is 3.28. The minimum Gasteiger partial charge on any atom is -0.396 e. The molecule has 0 aromatic carbocycles. The summed E-state index contributed by atoms with van der Waals surface area (Å²) < 4.78 is 43.0. The molecule has 0 radical (unpaired) electrons. The zero-order valence-electron chi connectivity index (χ0n) is 38.8. The Morgan fingerprint density at radius 1 is 0.295 bits per heavy atom. The van der Waals surface area contributed by atoms with Crippen LogP contribution in [-0.4, -0.2) is 153 Å². The third-order valence-electron chi connectivity index (χ3n) is 9.49. The van der Waals surface area contributed by atoms with Gasteiger partial charge in [-0.15, -0.1) is 52.6 Å². The molecule has 0 rings (SSSR count). The zero-order valence-corrected chi connectivity index (χ0v) is 41.3. The van der Waals surface area contributed by atoms with E-state index in [0.717, 1.165) is 25.7 Å². The van der Waals surface area contributed by atoms with E-state index in [0.29, 0.717) is 106 Å². The van der Waals surface area contributed by atoms with E-state index in [1.54, 1.807) is 48.6 Å². The minimum absolute atomic E-state index is 0. The molecule has 0 fully saturated rings. The van der Waals surface area contributed by atoms with Crippen molar-refractivity contribution < 1.29 is 84.5 Å². The molecule has 0 spiro atoms. The molecule has 0 aromatic rings. The molecule has 0 aliphatic heterocycles. The van der Waals surface area contributed by atoms with Crippen LogP contribution in [-0.2, 0) is 64.1 Å². The molecule has 0 atom stereocenters. The summed E-state index contributed by atoms with van der Waals surface area (Å²) in [4.78, 5) is 0. The van der Waals surface area contributed by atoms with Gasteiger partial charge >= 0.3 is 0 Å². The van der Waals surface area contributed by atoms with Gasteiger partial charge < -0.3 is 58.3 Å². The first-order chi connectivity index (χ1) is 29.0. The van der Waals surface area contributed by atoms with Gasteiger partial charge in [0.15, 0.2) is 0 Å². The van der Waals surface area contributed by atoms with Gasteiger partial charge in [0.25, 0.3) is 0 Å². The van der Waals surface area contributed by atoms with E-state index in [2.05, 4.69) is 52.6 Å². The molecule has 4 N–H and O–H groups in total. The van der Waals surface area contributed by atoms with Crippen molar-refractivity contribution in [1.82, 2.24) is 0 Å². The number of rotatable bonds is 40. The molecule has 356 valence electrons. The van der Waals surface area contributed by atoms with Gasteiger partial charge in [0.05, 0.1) is 132 Å². The third kappa shape index (κ3) is 37.4. The predicted octanol–water partition coefficient (Wildman–Crippen LogP) is 7.12. The van der Waals surface area contributed by atoms with E-state index in [4.69, 9.17) is 37.9 Å². The Bertz CT molecular complexity index is 798. The van der Waals surface area contributed by atoms with E-state index < -0.39 is 0 Å². The Morgan fingerprint density at radius 2 is 0.410 bits per heavy atom. The maximum atomic E-state index is 9.36. The van der Waals surface area contributed by atoms with Crippen molar-refractivity contribution in [3.63, 3.8) is 0 Å². The van der Waals surface area contributed by atoms with Crippen LogP contribution in [0.3, 0.4) is 0 Å². The smallest absolute Gasteiger partial charge is 0.0645 e. The standard InChI is InChI=1S/4C12H22O3.Zr/c4*1-4-7-14-10-12(6-3,9-13)11-15-8-5-2;/h4*4-5,13H,1-2,6-11H2,3H3;. The molecule has 0 aliphatic rings. The molecule has 0 heterocycles. The van der Waals surface area contributed by atoms with Crippen LogP contribution in [0.2, 0.25) is 0 Å². The fraction of sp³-hybridized carbons (Fsp3) is 0.667. The Labute approximate surface area is 391 Å². The van der Waals surface area contributed by atoms with Crippen LogP contribution in [0.25, 0.3) is 0 Å². The Hall–Kier alpha value is -1.68. The summed E-state index contributed by atoms with van der Waals surface area (Å²) in [5.74, 6) is 0. The van der Waals surface area contributed by atoms with E-state index in [1.165, 1.54) is 0 Å². The van der Waals surface area contributed by atoms with Gasteiger partial charge in [0, 0.05) is 47.9 Å². The van der Waals surface area contributed by atoms with E-state index in [1.807, 2.05) is 27.7 Å². The Balaban J connectivity index is -0.000000227. The zero-order chi connectivity index (χ0) is 46.3. The van der Waals surface area contributed by atoms with Crippen molar-refractivity contribution >= 4 is 0 Å². The second kappa shape index (κ2) is 49.3. The molecule has 0 aliphatic carbocycles. The van der Waals surface area contributed by atoms with E-state index >= 15 is 0 Å². The number of aliphatic hydroxyl groups is 4. The molecule has 61 heavy (non-hydrogen) atoms. The minimum atomic E-state index is -0.300. The summed E-state index contributed by atoms with van der Waals surface area (Å²) in [6, 6.07) is 0. The Kier molecular flexibility index (Phi) is 55.3. The molecule has 0 aromatic heterocycles. The van der Waals surface area contributed by atoms with Crippen molar-refractivity contribution in [1.29, 1.82) is 0 Å². The first-order valence-electron chi connectivity index (χ1n) is 20.9. The molecular formula is C48H88O12Zr. The normalized spacial score (nSPS) is 11.1. The van der Waals surface area contributed by atoms with Crippen LogP contribution < -0.4 is 0 Å². The summed E-state index contributed by atoms with van der Waals surface area (Å²) in [7, 11) is 0. The summed E-state index contributed by atoms with van der Waals surface area (Å²) in [5.41, 5.74) is -1.20. The fourth-order valence-corrected chi connectivity index (χ4v) is 4.67. The van der Waals surface area contributed by atoms with Crippen LogP contribution in [0.4, 0.5) is 0 Å². The summed E-state index contributed by atoms with van der Waals surface area (Å²) in [6.45, 7) is 44.9. The van der Waals surface area contributed by atoms with Gasteiger partial charge in [0.2, 0.25) is 0 Å². The van der Waals surface area contributed by atoms with Gasteiger partial charge in [0.1, 0.15) is 0 Å². The van der Waals surface area contributed by atoms with Gasteiger partial charge in [-0.2, -0.15) is 0 Å².